The summed E-state index contributed by atoms with van der Waals surface area (Å²) < 4.78 is 13.5. The summed E-state index contributed by atoms with van der Waals surface area (Å²) in [6, 6.07) is 1.77. The van der Waals surface area contributed by atoms with Crippen molar-refractivity contribution >= 4 is 16.8 Å². The lowest BCUT2D eigenvalue weighted by atomic mass is 10.2. The molecule has 2 rings (SSSR count). The van der Waals surface area contributed by atoms with Gasteiger partial charge in [-0.1, -0.05) is 0 Å². The molecule has 0 fully saturated rings. The Morgan fingerprint density at radius 2 is 2.36 bits per heavy atom. The molecule has 0 unspecified atom stereocenters. The van der Waals surface area contributed by atoms with E-state index in [9.17, 15) is 4.39 Å². The van der Waals surface area contributed by atoms with Gasteiger partial charge in [0, 0.05) is 11.9 Å². The molecule has 0 amide bonds. The highest BCUT2D eigenvalue weighted by molar-refractivity contribution is 8.14. The molecule has 1 aliphatic heterocycles. The maximum absolute atomic E-state index is 13.5. The van der Waals surface area contributed by atoms with Gasteiger partial charge in [-0.2, -0.15) is 0 Å². The number of halogens is 1. The number of aliphatic imine (C=N–C) groups is 1. The minimum absolute atomic E-state index is 0.273. The normalized spacial score (nSPS) is 21.1. The fourth-order valence-corrected chi connectivity index (χ4v) is 2.31. The summed E-state index contributed by atoms with van der Waals surface area (Å²) >= 11 is 1.57. The van der Waals surface area contributed by atoms with Crippen LogP contribution in [0, 0.1) is 12.7 Å². The van der Waals surface area contributed by atoms with Crippen molar-refractivity contribution in [1.29, 1.82) is 0 Å². The second kappa shape index (κ2) is 3.69. The minimum Gasteiger partial charge on any atom is -0.272 e. The lowest BCUT2D eigenvalue weighted by molar-refractivity contribution is 0.617. The maximum Gasteiger partial charge on any atom is 0.151 e. The van der Waals surface area contributed by atoms with Crippen molar-refractivity contribution in [1.82, 2.24) is 4.98 Å². The van der Waals surface area contributed by atoms with Gasteiger partial charge >= 0.3 is 0 Å². The van der Waals surface area contributed by atoms with Crippen LogP contribution in [-0.4, -0.2) is 21.8 Å². The molecule has 2 heterocycles. The predicted molar refractivity (Wildman–Crippen MR) is 57.4 cm³/mol. The Labute approximate surface area is 86.7 Å². The van der Waals surface area contributed by atoms with E-state index in [2.05, 4.69) is 9.98 Å². The number of hydrogen-bond acceptors (Lipinski definition) is 3. The average Bonchev–Trinajstić information content (AvgIpc) is 2.51. The van der Waals surface area contributed by atoms with E-state index < -0.39 is 0 Å². The molecule has 0 N–H and O–H groups in total. The molecule has 2 nitrogen and oxygen atoms in total. The van der Waals surface area contributed by atoms with E-state index in [4.69, 9.17) is 0 Å². The third-order valence-corrected chi connectivity index (χ3v) is 3.20. The largest absolute Gasteiger partial charge is 0.272 e. The van der Waals surface area contributed by atoms with Gasteiger partial charge in [-0.25, -0.2) is 4.39 Å². The molecule has 0 spiro atoms. The summed E-state index contributed by atoms with van der Waals surface area (Å²) in [5.74, 6) is 0.648. The molecular weight excluding hydrogens is 199 g/mol. The van der Waals surface area contributed by atoms with E-state index in [0.29, 0.717) is 5.69 Å². The van der Waals surface area contributed by atoms with Gasteiger partial charge in [0.25, 0.3) is 0 Å². The van der Waals surface area contributed by atoms with E-state index in [1.807, 2.05) is 13.8 Å². The highest BCUT2D eigenvalue weighted by Crippen LogP contribution is 2.23. The summed E-state index contributed by atoms with van der Waals surface area (Å²) in [5.41, 5.74) is 1.23. The first-order valence-corrected chi connectivity index (χ1v) is 5.48. The molecule has 0 bridgehead atoms. The summed E-state index contributed by atoms with van der Waals surface area (Å²) in [6.45, 7) is 3.85. The standard InChI is InChI=1S/C10H11FN2S/c1-6-3-8(11)9(12-4-6)10-13-7(2)5-14-10/h3-4,7H,5H2,1-2H3/t7-/m1/s1. The minimum atomic E-state index is -0.273. The van der Waals surface area contributed by atoms with Crippen LogP contribution in [0.4, 0.5) is 4.39 Å². The van der Waals surface area contributed by atoms with Gasteiger partial charge < -0.3 is 0 Å². The quantitative estimate of drug-likeness (QED) is 0.711. The van der Waals surface area contributed by atoms with Crippen LogP contribution in [0.5, 0.6) is 0 Å². The number of aryl methyl sites for hydroxylation is 1. The average molecular weight is 210 g/mol. The molecule has 0 aromatic carbocycles. The first-order chi connectivity index (χ1) is 6.66. The molecule has 14 heavy (non-hydrogen) atoms. The van der Waals surface area contributed by atoms with Crippen molar-refractivity contribution in [2.75, 3.05) is 5.75 Å². The van der Waals surface area contributed by atoms with E-state index >= 15 is 0 Å². The van der Waals surface area contributed by atoms with Crippen molar-refractivity contribution in [3.63, 3.8) is 0 Å². The Kier molecular flexibility index (Phi) is 2.54. The molecule has 1 aromatic rings. The second-order valence-electron chi connectivity index (χ2n) is 3.44. The molecule has 0 aliphatic carbocycles. The van der Waals surface area contributed by atoms with Crippen molar-refractivity contribution in [3.8, 4) is 0 Å². The van der Waals surface area contributed by atoms with Crippen LogP contribution in [0.3, 0.4) is 0 Å². The van der Waals surface area contributed by atoms with E-state index in [-0.39, 0.29) is 11.9 Å². The molecule has 0 saturated heterocycles. The van der Waals surface area contributed by atoms with Crippen LogP contribution in [0.15, 0.2) is 17.3 Å². The monoisotopic (exact) mass is 210 g/mol. The summed E-state index contributed by atoms with van der Waals surface area (Å²) in [7, 11) is 0. The molecule has 0 radical (unpaired) electrons. The highest BCUT2D eigenvalue weighted by Gasteiger charge is 2.19. The van der Waals surface area contributed by atoms with Crippen LogP contribution in [0.25, 0.3) is 0 Å². The van der Waals surface area contributed by atoms with Gasteiger partial charge in [0.1, 0.15) is 10.7 Å². The zero-order chi connectivity index (χ0) is 10.1. The predicted octanol–water partition coefficient (Wildman–Crippen LogP) is 2.41. The van der Waals surface area contributed by atoms with Gasteiger partial charge in [-0.05, 0) is 25.5 Å². The Morgan fingerprint density at radius 3 is 2.93 bits per heavy atom. The second-order valence-corrected chi connectivity index (χ2v) is 4.45. The van der Waals surface area contributed by atoms with Gasteiger partial charge in [-0.15, -0.1) is 11.8 Å². The van der Waals surface area contributed by atoms with Crippen LogP contribution in [0.1, 0.15) is 18.2 Å². The summed E-state index contributed by atoms with van der Waals surface area (Å²) in [4.78, 5) is 8.39. The summed E-state index contributed by atoms with van der Waals surface area (Å²) in [5, 5.41) is 0.731. The first kappa shape index (κ1) is 9.65. The molecule has 74 valence electrons. The third kappa shape index (κ3) is 1.80. The van der Waals surface area contributed by atoms with Crippen LogP contribution in [0.2, 0.25) is 0 Å². The SMILES string of the molecule is Cc1cnc(C2=N[C@H](C)CS2)c(F)c1. The fourth-order valence-electron chi connectivity index (χ4n) is 1.29. The number of thioether (sulfide) groups is 1. The first-order valence-electron chi connectivity index (χ1n) is 4.50. The van der Waals surface area contributed by atoms with Gasteiger partial charge in [0.2, 0.25) is 0 Å². The van der Waals surface area contributed by atoms with Crippen LogP contribution in [-0.2, 0) is 0 Å². The number of nitrogens with zero attached hydrogens (tertiary/aromatic N) is 2. The molecule has 1 atom stereocenters. The van der Waals surface area contributed by atoms with Crippen LogP contribution >= 0.6 is 11.8 Å². The number of hydrogen-bond donors (Lipinski definition) is 0. The van der Waals surface area contributed by atoms with E-state index in [1.165, 1.54) is 6.07 Å². The smallest absolute Gasteiger partial charge is 0.151 e. The van der Waals surface area contributed by atoms with Gasteiger partial charge in [0.05, 0.1) is 6.04 Å². The molecular formula is C10H11FN2S. The molecule has 0 saturated carbocycles. The van der Waals surface area contributed by atoms with Crippen LogP contribution < -0.4 is 0 Å². The Balaban J connectivity index is 2.37. The number of pyridine rings is 1. The van der Waals surface area contributed by atoms with E-state index in [0.717, 1.165) is 16.4 Å². The topological polar surface area (TPSA) is 25.2 Å². The lowest BCUT2D eigenvalue weighted by Gasteiger charge is -2.01. The third-order valence-electron chi connectivity index (χ3n) is 1.98. The maximum atomic E-state index is 13.5. The lowest BCUT2D eigenvalue weighted by Crippen LogP contribution is -2.01. The molecule has 4 heteroatoms. The molecule has 1 aromatic heterocycles. The fraction of sp³-hybridized carbons (Fsp3) is 0.400. The van der Waals surface area contributed by atoms with Crippen molar-refractivity contribution in [2.24, 2.45) is 4.99 Å². The van der Waals surface area contributed by atoms with Crippen molar-refractivity contribution in [3.05, 3.63) is 29.3 Å². The highest BCUT2D eigenvalue weighted by atomic mass is 32.2. The Hall–Kier alpha value is -0.900. The van der Waals surface area contributed by atoms with Gasteiger partial charge in [-0.3, -0.25) is 9.98 Å². The zero-order valence-electron chi connectivity index (χ0n) is 8.12. The summed E-state index contributed by atoms with van der Waals surface area (Å²) in [6.07, 6.45) is 1.67. The van der Waals surface area contributed by atoms with Crippen molar-refractivity contribution < 1.29 is 4.39 Å². The Morgan fingerprint density at radius 1 is 1.57 bits per heavy atom. The molecule has 1 aliphatic rings. The van der Waals surface area contributed by atoms with Crippen molar-refractivity contribution in [2.45, 2.75) is 19.9 Å². The zero-order valence-corrected chi connectivity index (χ0v) is 8.94. The Bertz CT molecular complexity index is 390. The van der Waals surface area contributed by atoms with Gasteiger partial charge in [0.15, 0.2) is 5.82 Å². The number of aromatic nitrogens is 1. The number of rotatable bonds is 1. The van der Waals surface area contributed by atoms with E-state index in [1.54, 1.807) is 18.0 Å².